The molecule has 0 bridgehead atoms. The number of aryl methyl sites for hydroxylation is 1. The highest BCUT2D eigenvalue weighted by Gasteiger charge is 2.20. The first-order chi connectivity index (χ1) is 13.5. The van der Waals surface area contributed by atoms with Crippen LogP contribution >= 0.6 is 23.2 Å². The van der Waals surface area contributed by atoms with E-state index in [-0.39, 0.29) is 0 Å². The zero-order valence-electron chi connectivity index (χ0n) is 15.9. The molecule has 1 fully saturated rings. The first-order valence-electron chi connectivity index (χ1n) is 9.47. The summed E-state index contributed by atoms with van der Waals surface area (Å²) in [5.74, 6) is 1.91. The average molecular weight is 420 g/mol. The Morgan fingerprint density at radius 3 is 2.82 bits per heavy atom. The third-order valence-corrected chi connectivity index (χ3v) is 5.66. The molecule has 2 N–H and O–H groups in total. The van der Waals surface area contributed by atoms with Gasteiger partial charge in [0.05, 0.1) is 10.0 Å². The van der Waals surface area contributed by atoms with Crippen LogP contribution in [0.2, 0.25) is 10.0 Å². The fraction of sp³-hybridized carbons (Fsp3) is 0.421. The highest BCUT2D eigenvalue weighted by molar-refractivity contribution is 6.42. The van der Waals surface area contributed by atoms with E-state index in [1.807, 2.05) is 19.1 Å². The fourth-order valence-corrected chi connectivity index (χ4v) is 3.81. The summed E-state index contributed by atoms with van der Waals surface area (Å²) in [6, 6.07) is 7.71. The lowest BCUT2D eigenvalue weighted by molar-refractivity contribution is 0.226. The summed E-state index contributed by atoms with van der Waals surface area (Å²) < 4.78 is 1.75. The number of piperidine rings is 1. The summed E-state index contributed by atoms with van der Waals surface area (Å²) in [5, 5.41) is 12.4. The molecule has 3 aromatic rings. The molecule has 148 valence electrons. The first-order valence-corrected chi connectivity index (χ1v) is 10.2. The van der Waals surface area contributed by atoms with E-state index in [2.05, 4.69) is 37.5 Å². The van der Waals surface area contributed by atoms with Gasteiger partial charge in [-0.15, -0.1) is 5.10 Å². The lowest BCUT2D eigenvalue weighted by atomic mass is 10.1. The van der Waals surface area contributed by atoms with Gasteiger partial charge in [-0.1, -0.05) is 30.1 Å². The van der Waals surface area contributed by atoms with Gasteiger partial charge in [-0.05, 0) is 51.1 Å². The van der Waals surface area contributed by atoms with E-state index < -0.39 is 0 Å². The molecule has 2 aromatic heterocycles. The van der Waals surface area contributed by atoms with E-state index in [0.29, 0.717) is 27.8 Å². The van der Waals surface area contributed by atoms with Gasteiger partial charge in [0.25, 0.3) is 5.78 Å². The highest BCUT2D eigenvalue weighted by atomic mass is 35.5. The molecule has 0 saturated carbocycles. The third-order valence-electron chi connectivity index (χ3n) is 4.92. The number of hydrogen-bond acceptors (Lipinski definition) is 6. The van der Waals surface area contributed by atoms with Gasteiger partial charge in [0.1, 0.15) is 5.82 Å². The van der Waals surface area contributed by atoms with Crippen LogP contribution in [0.1, 0.15) is 25.5 Å². The van der Waals surface area contributed by atoms with Crippen molar-refractivity contribution in [3.05, 3.63) is 40.0 Å². The number of nitrogens with zero attached hydrogens (tertiary/aromatic N) is 5. The van der Waals surface area contributed by atoms with Crippen LogP contribution in [-0.4, -0.2) is 50.2 Å². The Balaban J connectivity index is 1.60. The van der Waals surface area contributed by atoms with Crippen molar-refractivity contribution in [3.8, 4) is 0 Å². The number of likely N-dealkylation sites (tertiary alicyclic amines) is 1. The van der Waals surface area contributed by atoms with Crippen molar-refractivity contribution in [1.29, 1.82) is 0 Å². The second-order valence-electron chi connectivity index (χ2n) is 7.06. The number of hydrogen-bond donors (Lipinski definition) is 2. The Morgan fingerprint density at radius 1 is 1.18 bits per heavy atom. The largest absolute Gasteiger partial charge is 0.366 e. The monoisotopic (exact) mass is 419 g/mol. The number of benzene rings is 1. The molecule has 0 aliphatic carbocycles. The van der Waals surface area contributed by atoms with E-state index in [1.165, 1.54) is 13.0 Å². The molecule has 4 rings (SSSR count). The molecule has 1 saturated heterocycles. The quantitative estimate of drug-likeness (QED) is 0.639. The maximum Gasteiger partial charge on any atom is 0.256 e. The number of halogens is 2. The van der Waals surface area contributed by atoms with Crippen LogP contribution < -0.4 is 10.6 Å². The van der Waals surface area contributed by atoms with Gasteiger partial charge in [0, 0.05) is 30.0 Å². The summed E-state index contributed by atoms with van der Waals surface area (Å²) in [5.41, 5.74) is 1.66. The van der Waals surface area contributed by atoms with E-state index >= 15 is 0 Å². The van der Waals surface area contributed by atoms with Crippen LogP contribution in [0.15, 0.2) is 24.3 Å². The van der Waals surface area contributed by atoms with Crippen molar-refractivity contribution in [3.63, 3.8) is 0 Å². The van der Waals surface area contributed by atoms with Gasteiger partial charge < -0.3 is 15.5 Å². The summed E-state index contributed by atoms with van der Waals surface area (Å²) in [4.78, 5) is 11.5. The fourth-order valence-electron chi connectivity index (χ4n) is 3.52. The zero-order valence-corrected chi connectivity index (χ0v) is 17.4. The summed E-state index contributed by atoms with van der Waals surface area (Å²) in [7, 11) is 0. The van der Waals surface area contributed by atoms with Gasteiger partial charge in [0.15, 0.2) is 0 Å². The van der Waals surface area contributed by atoms with Crippen molar-refractivity contribution in [2.75, 3.05) is 30.3 Å². The number of nitrogens with one attached hydrogen (secondary N) is 2. The third kappa shape index (κ3) is 4.16. The Bertz CT molecular complexity index is 988. The molecular formula is C19H23Cl2N7. The van der Waals surface area contributed by atoms with E-state index in [1.54, 1.807) is 16.6 Å². The molecule has 3 heterocycles. The molecular weight excluding hydrogens is 397 g/mol. The standard InChI is InChI=1S/C19H23Cl2N7/c1-3-27-8-4-5-14(11-27)23-17-9-12(2)22-19-25-18(26-28(17)19)24-13-6-7-15(20)16(21)10-13/h6-7,9-10,14,23H,3-5,8,11H2,1-2H3,(H,24,26). The van der Waals surface area contributed by atoms with Gasteiger partial charge in [-0.25, -0.2) is 4.98 Å². The van der Waals surface area contributed by atoms with Gasteiger partial charge in [-0.3, -0.25) is 0 Å². The number of anilines is 3. The predicted molar refractivity (Wildman–Crippen MR) is 114 cm³/mol. The number of fused-ring (bicyclic) bond motifs is 1. The molecule has 1 aromatic carbocycles. The minimum Gasteiger partial charge on any atom is -0.366 e. The van der Waals surface area contributed by atoms with Crippen LogP contribution in [-0.2, 0) is 0 Å². The lowest BCUT2D eigenvalue weighted by Crippen LogP contribution is -2.42. The Labute approximate surface area is 174 Å². The predicted octanol–water partition coefficient (Wildman–Crippen LogP) is 4.38. The zero-order chi connectivity index (χ0) is 19.7. The van der Waals surface area contributed by atoms with Crippen molar-refractivity contribution in [2.24, 2.45) is 0 Å². The number of aromatic nitrogens is 4. The molecule has 1 aliphatic heterocycles. The molecule has 0 spiro atoms. The molecule has 28 heavy (non-hydrogen) atoms. The van der Waals surface area contributed by atoms with Gasteiger partial charge in [0.2, 0.25) is 5.95 Å². The first kappa shape index (κ1) is 19.2. The van der Waals surface area contributed by atoms with Gasteiger partial charge >= 0.3 is 0 Å². The minimum atomic E-state index is 0.384. The topological polar surface area (TPSA) is 70.4 Å². The molecule has 9 heteroatoms. The average Bonchev–Trinajstić information content (AvgIpc) is 3.07. The van der Waals surface area contributed by atoms with E-state index in [4.69, 9.17) is 23.2 Å². The minimum absolute atomic E-state index is 0.384. The van der Waals surface area contributed by atoms with Crippen LogP contribution in [0.25, 0.3) is 5.78 Å². The molecule has 1 aliphatic rings. The Morgan fingerprint density at radius 2 is 2.04 bits per heavy atom. The number of likely N-dealkylation sites (N-methyl/N-ethyl adjacent to an activating group) is 1. The van der Waals surface area contributed by atoms with Crippen LogP contribution in [0.3, 0.4) is 0 Å². The van der Waals surface area contributed by atoms with Crippen LogP contribution in [0, 0.1) is 6.92 Å². The van der Waals surface area contributed by atoms with Crippen molar-refractivity contribution in [1.82, 2.24) is 24.5 Å². The lowest BCUT2D eigenvalue weighted by Gasteiger charge is -2.32. The second kappa shape index (κ2) is 8.11. The van der Waals surface area contributed by atoms with Crippen molar-refractivity contribution in [2.45, 2.75) is 32.7 Å². The van der Waals surface area contributed by atoms with Crippen LogP contribution in [0.5, 0.6) is 0 Å². The van der Waals surface area contributed by atoms with E-state index in [9.17, 15) is 0 Å². The summed E-state index contributed by atoms with van der Waals surface area (Å²) in [6.45, 7) is 7.44. The van der Waals surface area contributed by atoms with E-state index in [0.717, 1.165) is 36.7 Å². The maximum atomic E-state index is 6.09. The summed E-state index contributed by atoms with van der Waals surface area (Å²) in [6.07, 6.45) is 2.34. The SMILES string of the molecule is CCN1CCCC(Nc2cc(C)nc3nc(Nc4ccc(Cl)c(Cl)c4)nn23)C1. The second-order valence-corrected chi connectivity index (χ2v) is 7.87. The molecule has 7 nitrogen and oxygen atoms in total. The summed E-state index contributed by atoms with van der Waals surface area (Å²) >= 11 is 12.1. The smallest absolute Gasteiger partial charge is 0.256 e. The van der Waals surface area contributed by atoms with Crippen LogP contribution in [0.4, 0.5) is 17.5 Å². The Kier molecular flexibility index (Phi) is 5.57. The number of rotatable bonds is 5. The van der Waals surface area contributed by atoms with Gasteiger partial charge in [-0.2, -0.15) is 9.50 Å². The maximum absolute atomic E-state index is 6.09. The molecule has 1 unspecified atom stereocenters. The molecule has 0 amide bonds. The normalized spacial score (nSPS) is 17.8. The molecule has 0 radical (unpaired) electrons. The van der Waals surface area contributed by atoms with Crippen molar-refractivity contribution >= 4 is 46.4 Å². The highest BCUT2D eigenvalue weighted by Crippen LogP contribution is 2.26. The molecule has 1 atom stereocenters. The van der Waals surface area contributed by atoms with Crippen molar-refractivity contribution < 1.29 is 0 Å². The Hall–Kier alpha value is -2.09.